The first-order chi connectivity index (χ1) is 6.43. The molecule has 0 spiro atoms. The highest BCUT2D eigenvalue weighted by Crippen LogP contribution is 1.95. The Morgan fingerprint density at radius 3 is 2.69 bits per heavy atom. The third kappa shape index (κ3) is 4.26. The van der Waals surface area contributed by atoms with E-state index in [1.165, 1.54) is 5.56 Å². The van der Waals surface area contributed by atoms with Crippen molar-refractivity contribution in [2.75, 3.05) is 6.54 Å². The Kier molecular flexibility index (Phi) is 4.62. The van der Waals surface area contributed by atoms with Crippen molar-refractivity contribution in [2.24, 2.45) is 4.99 Å². The lowest BCUT2D eigenvalue weighted by atomic mass is 10.2. The quantitative estimate of drug-likeness (QED) is 0.368. The molecule has 0 unspecified atom stereocenters. The van der Waals surface area contributed by atoms with Gasteiger partial charge in [0.15, 0.2) is 0 Å². The minimum absolute atomic E-state index is 0.890. The molecule has 0 radical (unpaired) electrons. The molecular weight excluding hydrogens is 158 g/mol. The second kappa shape index (κ2) is 6.18. The predicted octanol–water partition coefficient (Wildman–Crippen LogP) is 3.07. The molecule has 1 rings (SSSR count). The van der Waals surface area contributed by atoms with Gasteiger partial charge in [0, 0.05) is 12.8 Å². The van der Waals surface area contributed by atoms with Crippen molar-refractivity contribution in [3.63, 3.8) is 0 Å². The van der Waals surface area contributed by atoms with Gasteiger partial charge in [-0.05, 0) is 18.4 Å². The molecule has 0 saturated heterocycles. The van der Waals surface area contributed by atoms with Crippen molar-refractivity contribution in [3.05, 3.63) is 48.6 Å². The van der Waals surface area contributed by atoms with Gasteiger partial charge in [-0.2, -0.15) is 0 Å². The molecule has 1 nitrogen and oxygen atoms in total. The fraction of sp³-hybridized carbons (Fsp3) is 0.250. The standard InChI is InChI=1S/C12H15N/c1-2-3-7-10-13-11-12-8-5-4-6-9-12/h2,4-6,8-9,11H,1,3,7,10H2. The maximum absolute atomic E-state index is 4.31. The summed E-state index contributed by atoms with van der Waals surface area (Å²) < 4.78 is 0. The number of allylic oxidation sites excluding steroid dienone is 1. The minimum atomic E-state index is 0.890. The predicted molar refractivity (Wildman–Crippen MR) is 58.3 cm³/mol. The van der Waals surface area contributed by atoms with E-state index in [0.717, 1.165) is 19.4 Å². The summed E-state index contributed by atoms with van der Waals surface area (Å²) >= 11 is 0. The van der Waals surface area contributed by atoms with Gasteiger partial charge in [-0.1, -0.05) is 36.4 Å². The maximum Gasteiger partial charge on any atom is 0.0392 e. The SMILES string of the molecule is C=CCCCN=Cc1ccccc1. The van der Waals surface area contributed by atoms with Crippen LogP contribution in [0.2, 0.25) is 0 Å². The molecule has 0 amide bonds. The average Bonchev–Trinajstić information content (AvgIpc) is 2.19. The van der Waals surface area contributed by atoms with E-state index in [-0.39, 0.29) is 0 Å². The lowest BCUT2D eigenvalue weighted by Gasteiger charge is -1.91. The van der Waals surface area contributed by atoms with Gasteiger partial charge in [0.1, 0.15) is 0 Å². The van der Waals surface area contributed by atoms with Crippen molar-refractivity contribution < 1.29 is 0 Å². The van der Waals surface area contributed by atoms with Crippen LogP contribution in [0.5, 0.6) is 0 Å². The summed E-state index contributed by atoms with van der Waals surface area (Å²) in [6.45, 7) is 4.55. The largest absolute Gasteiger partial charge is 0.293 e. The summed E-state index contributed by atoms with van der Waals surface area (Å²) in [5, 5.41) is 0. The average molecular weight is 173 g/mol. The zero-order valence-corrected chi connectivity index (χ0v) is 7.82. The zero-order chi connectivity index (χ0) is 9.36. The number of aliphatic imine (C=N–C) groups is 1. The van der Waals surface area contributed by atoms with E-state index in [1.807, 2.05) is 30.5 Å². The monoisotopic (exact) mass is 173 g/mol. The molecule has 0 heterocycles. The van der Waals surface area contributed by atoms with Crippen LogP contribution in [-0.2, 0) is 0 Å². The Balaban J connectivity index is 2.28. The van der Waals surface area contributed by atoms with Gasteiger partial charge in [0.2, 0.25) is 0 Å². The van der Waals surface area contributed by atoms with Gasteiger partial charge in [-0.25, -0.2) is 0 Å². The Labute approximate surface area is 79.8 Å². The Morgan fingerprint density at radius 2 is 2.00 bits per heavy atom. The Hall–Kier alpha value is -1.37. The first kappa shape index (κ1) is 9.72. The fourth-order valence-corrected chi connectivity index (χ4v) is 1.04. The van der Waals surface area contributed by atoms with Crippen LogP contribution in [0.1, 0.15) is 18.4 Å². The highest BCUT2D eigenvalue weighted by molar-refractivity contribution is 5.79. The van der Waals surface area contributed by atoms with Gasteiger partial charge < -0.3 is 0 Å². The van der Waals surface area contributed by atoms with Crippen LogP contribution >= 0.6 is 0 Å². The molecule has 13 heavy (non-hydrogen) atoms. The number of unbranched alkanes of at least 4 members (excludes halogenated alkanes) is 1. The molecule has 1 aromatic carbocycles. The van der Waals surface area contributed by atoms with E-state index in [2.05, 4.69) is 23.7 Å². The van der Waals surface area contributed by atoms with Crippen molar-refractivity contribution in [3.8, 4) is 0 Å². The van der Waals surface area contributed by atoms with Gasteiger partial charge in [-0.15, -0.1) is 6.58 Å². The molecule has 1 aromatic rings. The molecule has 0 aliphatic heterocycles. The number of benzene rings is 1. The fourth-order valence-electron chi connectivity index (χ4n) is 1.04. The van der Waals surface area contributed by atoms with Crippen LogP contribution in [0.15, 0.2) is 48.0 Å². The molecule has 1 heteroatoms. The molecule has 0 fully saturated rings. The first-order valence-corrected chi connectivity index (χ1v) is 4.59. The van der Waals surface area contributed by atoms with Crippen LogP contribution in [-0.4, -0.2) is 12.8 Å². The zero-order valence-electron chi connectivity index (χ0n) is 7.82. The third-order valence-corrected chi connectivity index (χ3v) is 1.74. The van der Waals surface area contributed by atoms with Crippen LogP contribution in [0, 0.1) is 0 Å². The molecule has 68 valence electrons. The van der Waals surface area contributed by atoms with Gasteiger partial charge >= 0.3 is 0 Å². The van der Waals surface area contributed by atoms with E-state index in [9.17, 15) is 0 Å². The molecule has 0 atom stereocenters. The van der Waals surface area contributed by atoms with E-state index < -0.39 is 0 Å². The van der Waals surface area contributed by atoms with Crippen LogP contribution < -0.4 is 0 Å². The van der Waals surface area contributed by atoms with Crippen LogP contribution in [0.25, 0.3) is 0 Å². The summed E-state index contributed by atoms with van der Waals surface area (Å²) in [6, 6.07) is 10.2. The second-order valence-corrected chi connectivity index (χ2v) is 2.88. The normalized spacial score (nSPS) is 10.5. The van der Waals surface area contributed by atoms with Gasteiger partial charge in [-0.3, -0.25) is 4.99 Å². The minimum Gasteiger partial charge on any atom is -0.293 e. The Morgan fingerprint density at radius 1 is 1.23 bits per heavy atom. The van der Waals surface area contributed by atoms with E-state index in [4.69, 9.17) is 0 Å². The molecule has 0 saturated carbocycles. The topological polar surface area (TPSA) is 12.4 Å². The molecule has 0 aromatic heterocycles. The van der Waals surface area contributed by atoms with Crippen molar-refractivity contribution in [1.82, 2.24) is 0 Å². The number of hydrogen-bond acceptors (Lipinski definition) is 1. The van der Waals surface area contributed by atoms with Gasteiger partial charge in [0.05, 0.1) is 0 Å². The smallest absolute Gasteiger partial charge is 0.0392 e. The summed E-state index contributed by atoms with van der Waals surface area (Å²) in [6.07, 6.45) is 5.99. The summed E-state index contributed by atoms with van der Waals surface area (Å²) in [5.74, 6) is 0. The van der Waals surface area contributed by atoms with Crippen molar-refractivity contribution >= 4 is 6.21 Å². The lowest BCUT2D eigenvalue weighted by molar-refractivity contribution is 0.860. The van der Waals surface area contributed by atoms with E-state index in [0.29, 0.717) is 0 Å². The third-order valence-electron chi connectivity index (χ3n) is 1.74. The first-order valence-electron chi connectivity index (χ1n) is 4.59. The van der Waals surface area contributed by atoms with Crippen molar-refractivity contribution in [1.29, 1.82) is 0 Å². The summed E-state index contributed by atoms with van der Waals surface area (Å²) in [7, 11) is 0. The number of hydrogen-bond donors (Lipinski definition) is 0. The maximum atomic E-state index is 4.31. The highest BCUT2D eigenvalue weighted by atomic mass is 14.7. The summed E-state index contributed by atoms with van der Waals surface area (Å²) in [4.78, 5) is 4.31. The van der Waals surface area contributed by atoms with E-state index >= 15 is 0 Å². The molecule has 0 aliphatic carbocycles. The van der Waals surface area contributed by atoms with Crippen LogP contribution in [0.3, 0.4) is 0 Å². The molecule has 0 bridgehead atoms. The molecular formula is C12H15N. The lowest BCUT2D eigenvalue weighted by Crippen LogP contribution is -1.83. The highest BCUT2D eigenvalue weighted by Gasteiger charge is 1.83. The van der Waals surface area contributed by atoms with Crippen molar-refractivity contribution in [2.45, 2.75) is 12.8 Å². The second-order valence-electron chi connectivity index (χ2n) is 2.88. The van der Waals surface area contributed by atoms with E-state index in [1.54, 1.807) is 0 Å². The number of nitrogens with zero attached hydrogens (tertiary/aromatic N) is 1. The summed E-state index contributed by atoms with van der Waals surface area (Å²) in [5.41, 5.74) is 1.17. The number of rotatable bonds is 5. The van der Waals surface area contributed by atoms with Gasteiger partial charge in [0.25, 0.3) is 0 Å². The molecule has 0 aliphatic rings. The molecule has 0 N–H and O–H groups in total. The van der Waals surface area contributed by atoms with Crippen LogP contribution in [0.4, 0.5) is 0 Å². The Bertz CT molecular complexity index is 262.